The van der Waals surface area contributed by atoms with Crippen molar-refractivity contribution in [3.63, 3.8) is 0 Å². The molecule has 0 aromatic carbocycles. The van der Waals surface area contributed by atoms with Crippen molar-refractivity contribution in [1.29, 1.82) is 0 Å². The highest BCUT2D eigenvalue weighted by Crippen LogP contribution is 1.99. The Balaban J connectivity index is 2.07. The highest BCUT2D eigenvalue weighted by Gasteiger charge is 2.06. The molecule has 3 heteroatoms. The van der Waals surface area contributed by atoms with E-state index in [-0.39, 0.29) is 5.54 Å². The zero-order chi connectivity index (χ0) is 12.7. The van der Waals surface area contributed by atoms with Crippen LogP contribution in [-0.2, 0) is 6.54 Å². The zero-order valence-electron chi connectivity index (χ0n) is 11.5. The third kappa shape index (κ3) is 7.08. The summed E-state index contributed by atoms with van der Waals surface area (Å²) in [5.74, 6) is 0. The van der Waals surface area contributed by atoms with Gasteiger partial charge in [-0.05, 0) is 58.8 Å². The average Bonchev–Trinajstić information content (AvgIpc) is 2.24. The maximum atomic E-state index is 4.27. The predicted molar refractivity (Wildman–Crippen MR) is 73.1 cm³/mol. The van der Waals surface area contributed by atoms with Crippen molar-refractivity contribution in [2.75, 3.05) is 13.1 Å². The number of pyridine rings is 1. The van der Waals surface area contributed by atoms with E-state index in [0.29, 0.717) is 0 Å². The Hall–Kier alpha value is -0.930. The molecule has 17 heavy (non-hydrogen) atoms. The largest absolute Gasteiger partial charge is 0.313 e. The van der Waals surface area contributed by atoms with Gasteiger partial charge in [-0.1, -0.05) is 6.07 Å². The van der Waals surface area contributed by atoms with E-state index in [1.54, 1.807) is 0 Å². The van der Waals surface area contributed by atoms with Gasteiger partial charge in [-0.25, -0.2) is 0 Å². The van der Waals surface area contributed by atoms with Crippen LogP contribution in [0.4, 0.5) is 0 Å². The highest BCUT2D eigenvalue weighted by molar-refractivity contribution is 5.12. The van der Waals surface area contributed by atoms with Crippen LogP contribution in [0.3, 0.4) is 0 Å². The normalized spacial score (nSPS) is 11.8. The third-order valence-corrected chi connectivity index (χ3v) is 2.49. The van der Waals surface area contributed by atoms with Gasteiger partial charge in [0.25, 0.3) is 0 Å². The van der Waals surface area contributed by atoms with E-state index in [1.165, 1.54) is 5.56 Å². The molecule has 0 aliphatic carbocycles. The van der Waals surface area contributed by atoms with Crippen molar-refractivity contribution in [3.8, 4) is 0 Å². The first kappa shape index (κ1) is 14.1. The molecule has 0 saturated carbocycles. The van der Waals surface area contributed by atoms with Crippen LogP contribution in [0.5, 0.6) is 0 Å². The quantitative estimate of drug-likeness (QED) is 0.743. The molecule has 0 unspecified atom stereocenters. The van der Waals surface area contributed by atoms with Gasteiger partial charge in [0.05, 0.1) is 0 Å². The van der Waals surface area contributed by atoms with Gasteiger partial charge in [0, 0.05) is 24.0 Å². The lowest BCUT2D eigenvalue weighted by Crippen LogP contribution is -2.37. The Morgan fingerprint density at radius 1 is 1.18 bits per heavy atom. The van der Waals surface area contributed by atoms with Crippen LogP contribution in [0.2, 0.25) is 0 Å². The summed E-state index contributed by atoms with van der Waals surface area (Å²) >= 11 is 0. The minimum Gasteiger partial charge on any atom is -0.313 e. The first-order chi connectivity index (χ1) is 7.97. The predicted octanol–water partition coefficient (Wildman–Crippen LogP) is 2.26. The van der Waals surface area contributed by atoms with E-state index in [4.69, 9.17) is 0 Å². The number of nitrogens with zero attached hydrogens (tertiary/aromatic N) is 1. The number of aromatic nitrogens is 1. The zero-order valence-corrected chi connectivity index (χ0v) is 11.5. The summed E-state index contributed by atoms with van der Waals surface area (Å²) in [6.45, 7) is 11.6. The first-order valence-electron chi connectivity index (χ1n) is 6.35. The Morgan fingerprint density at radius 3 is 2.53 bits per heavy atom. The summed E-state index contributed by atoms with van der Waals surface area (Å²) < 4.78 is 0. The molecule has 0 radical (unpaired) electrons. The minimum absolute atomic E-state index is 0.223. The van der Waals surface area contributed by atoms with Gasteiger partial charge in [0.15, 0.2) is 0 Å². The van der Waals surface area contributed by atoms with Crippen molar-refractivity contribution >= 4 is 0 Å². The van der Waals surface area contributed by atoms with Crippen molar-refractivity contribution < 1.29 is 0 Å². The number of rotatable bonds is 6. The fourth-order valence-electron chi connectivity index (χ4n) is 1.51. The van der Waals surface area contributed by atoms with E-state index >= 15 is 0 Å². The molecule has 0 amide bonds. The average molecular weight is 235 g/mol. The van der Waals surface area contributed by atoms with Crippen molar-refractivity contribution in [2.45, 2.75) is 46.2 Å². The highest BCUT2D eigenvalue weighted by atomic mass is 14.9. The fraction of sp³-hybridized carbons (Fsp3) is 0.643. The molecule has 0 aliphatic rings. The van der Waals surface area contributed by atoms with Crippen LogP contribution >= 0.6 is 0 Å². The summed E-state index contributed by atoms with van der Waals surface area (Å²) in [4.78, 5) is 4.27. The molecule has 0 fully saturated rings. The number of hydrogen-bond donors (Lipinski definition) is 2. The van der Waals surface area contributed by atoms with E-state index < -0.39 is 0 Å². The van der Waals surface area contributed by atoms with E-state index in [9.17, 15) is 0 Å². The molecule has 1 aromatic rings. The fourth-order valence-corrected chi connectivity index (χ4v) is 1.51. The molecule has 96 valence electrons. The summed E-state index contributed by atoms with van der Waals surface area (Å²) in [6.07, 6.45) is 3.09. The molecule has 0 bridgehead atoms. The molecular weight excluding hydrogens is 210 g/mol. The van der Waals surface area contributed by atoms with Crippen LogP contribution in [0.25, 0.3) is 0 Å². The van der Waals surface area contributed by atoms with Crippen LogP contribution in [0.15, 0.2) is 18.3 Å². The Kier molecular flexibility index (Phi) is 5.59. The maximum Gasteiger partial charge on any atom is 0.0372 e. The summed E-state index contributed by atoms with van der Waals surface area (Å²) in [5, 5.41) is 6.90. The van der Waals surface area contributed by atoms with Crippen molar-refractivity contribution in [3.05, 3.63) is 29.6 Å². The topological polar surface area (TPSA) is 37.0 Å². The van der Waals surface area contributed by atoms with Crippen LogP contribution in [0, 0.1) is 6.92 Å². The van der Waals surface area contributed by atoms with Gasteiger partial charge >= 0.3 is 0 Å². The second kappa shape index (κ2) is 6.72. The second-order valence-electron chi connectivity index (χ2n) is 5.51. The molecule has 1 rings (SSSR count). The molecule has 1 heterocycles. The second-order valence-corrected chi connectivity index (χ2v) is 5.51. The summed E-state index contributed by atoms with van der Waals surface area (Å²) in [6, 6.07) is 4.18. The summed E-state index contributed by atoms with van der Waals surface area (Å²) in [7, 11) is 0. The van der Waals surface area contributed by atoms with Gasteiger partial charge < -0.3 is 10.6 Å². The molecule has 0 aliphatic heterocycles. The maximum absolute atomic E-state index is 4.27. The van der Waals surface area contributed by atoms with Gasteiger partial charge in [0.1, 0.15) is 0 Å². The van der Waals surface area contributed by atoms with Crippen LogP contribution in [-0.4, -0.2) is 23.6 Å². The standard InChI is InChI=1S/C14H25N3/c1-12-6-7-13(11-16-12)10-15-8-5-9-17-14(2,3)4/h6-7,11,15,17H,5,8-10H2,1-4H3. The molecule has 0 atom stereocenters. The Morgan fingerprint density at radius 2 is 1.94 bits per heavy atom. The van der Waals surface area contributed by atoms with Crippen molar-refractivity contribution in [1.82, 2.24) is 15.6 Å². The van der Waals surface area contributed by atoms with E-state index in [0.717, 1.165) is 31.7 Å². The Labute approximate surface area is 105 Å². The van der Waals surface area contributed by atoms with Gasteiger partial charge in [-0.3, -0.25) is 4.98 Å². The molecule has 1 aromatic heterocycles. The third-order valence-electron chi connectivity index (χ3n) is 2.49. The lowest BCUT2D eigenvalue weighted by Gasteiger charge is -2.20. The monoisotopic (exact) mass is 235 g/mol. The minimum atomic E-state index is 0.223. The summed E-state index contributed by atoms with van der Waals surface area (Å²) in [5.41, 5.74) is 2.54. The number of nitrogens with one attached hydrogen (secondary N) is 2. The molecule has 2 N–H and O–H groups in total. The molecule has 3 nitrogen and oxygen atoms in total. The smallest absolute Gasteiger partial charge is 0.0372 e. The SMILES string of the molecule is Cc1ccc(CNCCCNC(C)(C)C)cn1. The van der Waals surface area contributed by atoms with Crippen molar-refractivity contribution in [2.24, 2.45) is 0 Å². The number of hydrogen-bond acceptors (Lipinski definition) is 3. The molecular formula is C14H25N3. The molecule has 0 saturated heterocycles. The lowest BCUT2D eigenvalue weighted by atomic mass is 10.1. The van der Waals surface area contributed by atoms with Gasteiger partial charge in [-0.2, -0.15) is 0 Å². The number of aryl methyl sites for hydroxylation is 1. The van der Waals surface area contributed by atoms with E-state index in [2.05, 4.69) is 48.5 Å². The first-order valence-corrected chi connectivity index (χ1v) is 6.35. The van der Waals surface area contributed by atoms with Gasteiger partial charge in [-0.15, -0.1) is 0 Å². The van der Waals surface area contributed by atoms with Gasteiger partial charge in [0.2, 0.25) is 0 Å². The van der Waals surface area contributed by atoms with Crippen LogP contribution in [0.1, 0.15) is 38.4 Å². The van der Waals surface area contributed by atoms with E-state index in [1.807, 2.05) is 13.1 Å². The Bertz CT molecular complexity index is 311. The molecule has 0 spiro atoms. The van der Waals surface area contributed by atoms with Crippen LogP contribution < -0.4 is 10.6 Å². The lowest BCUT2D eigenvalue weighted by molar-refractivity contribution is 0.418.